The molecule has 2 rings (SSSR count). The number of carbonyl (C=O) groups excluding carboxylic acids is 1. The minimum atomic E-state index is -0.0498. The molecule has 2 aromatic rings. The maximum Gasteiger partial charge on any atom is 0.193 e. The zero-order valence-corrected chi connectivity index (χ0v) is 19.4. The number of hydrogen-bond donors (Lipinski definition) is 0. The molecule has 0 aliphatic heterocycles. The molecule has 1 radical (unpaired) electrons. The van der Waals surface area contributed by atoms with Crippen molar-refractivity contribution in [1.29, 1.82) is 0 Å². The molecule has 0 aliphatic rings. The molecule has 0 aliphatic carbocycles. The summed E-state index contributed by atoms with van der Waals surface area (Å²) in [6, 6.07) is 9.25. The fourth-order valence-corrected chi connectivity index (χ4v) is 3.74. The Bertz CT molecular complexity index is 798. The minimum Gasteiger partial charge on any atom is -0.496 e. The fourth-order valence-electron chi connectivity index (χ4n) is 2.69. The van der Waals surface area contributed by atoms with E-state index in [1.165, 1.54) is 14.2 Å². The van der Waals surface area contributed by atoms with Crippen LogP contribution >= 0.6 is 8.58 Å². The van der Waals surface area contributed by atoms with E-state index in [2.05, 4.69) is 13.8 Å². The summed E-state index contributed by atoms with van der Waals surface area (Å²) >= 11 is 0. The van der Waals surface area contributed by atoms with Crippen molar-refractivity contribution in [1.82, 2.24) is 0 Å². The van der Waals surface area contributed by atoms with Crippen molar-refractivity contribution >= 4 is 38.3 Å². The standard InChI is InChI=1S/C22H29O5P.Li/c1-14(2)9-10-27-16-7-8-20(15(3)11-16)28-22(23)21-18(25-5)12-17(24-4)13-19(21)26-6;/h7-8,11-14,28H,9-10H2,1-6H3;. The zero-order valence-electron chi connectivity index (χ0n) is 18.4. The molecule has 5 nitrogen and oxygen atoms in total. The fraction of sp³-hybridized carbons (Fsp3) is 0.409. The van der Waals surface area contributed by atoms with Gasteiger partial charge in [-0.15, -0.1) is 0 Å². The molecule has 29 heavy (non-hydrogen) atoms. The van der Waals surface area contributed by atoms with E-state index in [1.54, 1.807) is 19.2 Å². The third-order valence-corrected chi connectivity index (χ3v) is 5.66. The summed E-state index contributed by atoms with van der Waals surface area (Å²) < 4.78 is 21.9. The van der Waals surface area contributed by atoms with Crippen molar-refractivity contribution in [3.63, 3.8) is 0 Å². The average molecular weight is 411 g/mol. The van der Waals surface area contributed by atoms with Gasteiger partial charge in [0.15, 0.2) is 5.52 Å². The van der Waals surface area contributed by atoms with Crippen molar-refractivity contribution in [2.75, 3.05) is 27.9 Å². The Kier molecular flexibility index (Phi) is 10.6. The van der Waals surface area contributed by atoms with Gasteiger partial charge in [0.2, 0.25) is 0 Å². The number of benzene rings is 2. The van der Waals surface area contributed by atoms with Crippen LogP contribution in [0, 0.1) is 12.8 Å². The first kappa shape index (κ1) is 25.4. The summed E-state index contributed by atoms with van der Waals surface area (Å²) in [6.07, 6.45) is 1.01. The Balaban J connectivity index is 0.00000420. The largest absolute Gasteiger partial charge is 0.496 e. The van der Waals surface area contributed by atoms with Crippen molar-refractivity contribution in [2.45, 2.75) is 27.2 Å². The Labute approximate surface area is 187 Å². The molecule has 0 spiro atoms. The maximum atomic E-state index is 13.0. The third-order valence-electron chi connectivity index (χ3n) is 4.35. The van der Waals surface area contributed by atoms with Gasteiger partial charge < -0.3 is 18.9 Å². The van der Waals surface area contributed by atoms with Crippen LogP contribution in [0.5, 0.6) is 23.0 Å². The summed E-state index contributed by atoms with van der Waals surface area (Å²) in [5.74, 6) is 2.90. The molecule has 0 bridgehead atoms. The summed E-state index contributed by atoms with van der Waals surface area (Å²) in [4.78, 5) is 13.0. The summed E-state index contributed by atoms with van der Waals surface area (Å²) in [7, 11) is 4.57. The van der Waals surface area contributed by atoms with E-state index < -0.39 is 0 Å². The molecule has 0 aromatic heterocycles. The van der Waals surface area contributed by atoms with Gasteiger partial charge in [-0.2, -0.15) is 0 Å². The van der Waals surface area contributed by atoms with Crippen LogP contribution in [0.15, 0.2) is 30.3 Å². The molecular formula is C22H29LiO5P. The summed E-state index contributed by atoms with van der Waals surface area (Å²) in [6.45, 7) is 7.03. The van der Waals surface area contributed by atoms with Gasteiger partial charge >= 0.3 is 0 Å². The van der Waals surface area contributed by atoms with Crippen LogP contribution in [-0.4, -0.2) is 52.3 Å². The van der Waals surface area contributed by atoms with E-state index in [1.807, 2.05) is 25.1 Å². The molecule has 1 atom stereocenters. The van der Waals surface area contributed by atoms with Gasteiger partial charge in [0.1, 0.15) is 28.6 Å². The Morgan fingerprint density at radius 2 is 1.59 bits per heavy atom. The first-order valence-electron chi connectivity index (χ1n) is 9.24. The van der Waals surface area contributed by atoms with Gasteiger partial charge in [0, 0.05) is 31.0 Å². The van der Waals surface area contributed by atoms with Crippen molar-refractivity contribution in [2.24, 2.45) is 5.92 Å². The molecule has 1 unspecified atom stereocenters. The number of carbonyl (C=O) groups is 1. The first-order valence-corrected chi connectivity index (χ1v) is 10.2. The Morgan fingerprint density at radius 3 is 2.07 bits per heavy atom. The number of ether oxygens (including phenoxy) is 4. The minimum absolute atomic E-state index is 0. The average Bonchev–Trinajstić information content (AvgIpc) is 2.68. The van der Waals surface area contributed by atoms with E-state index >= 15 is 0 Å². The van der Waals surface area contributed by atoms with Crippen LogP contribution in [0.4, 0.5) is 0 Å². The number of methoxy groups -OCH3 is 3. The smallest absolute Gasteiger partial charge is 0.193 e. The van der Waals surface area contributed by atoms with Crippen molar-refractivity contribution in [3.8, 4) is 23.0 Å². The third kappa shape index (κ3) is 6.96. The SMILES string of the molecule is COc1cc(OC)c(C(=O)Pc2ccc(OCCC(C)C)cc2C)c(OC)c1.[Li]. The Hall–Kier alpha value is -1.66. The van der Waals surface area contributed by atoms with E-state index in [4.69, 9.17) is 18.9 Å². The maximum absolute atomic E-state index is 13.0. The van der Waals surface area contributed by atoms with E-state index in [0.29, 0.717) is 35.3 Å². The molecule has 0 saturated heterocycles. The van der Waals surface area contributed by atoms with Gasteiger partial charge in [0.05, 0.1) is 27.9 Å². The molecular weight excluding hydrogens is 382 g/mol. The molecule has 0 heterocycles. The van der Waals surface area contributed by atoms with Crippen molar-refractivity contribution in [3.05, 3.63) is 41.5 Å². The second kappa shape index (κ2) is 12.1. The van der Waals surface area contributed by atoms with Gasteiger partial charge in [-0.05, 0) is 50.8 Å². The van der Waals surface area contributed by atoms with Gasteiger partial charge in [-0.25, -0.2) is 0 Å². The van der Waals surface area contributed by atoms with E-state index in [0.717, 1.165) is 23.0 Å². The van der Waals surface area contributed by atoms with E-state index in [9.17, 15) is 4.79 Å². The molecule has 153 valence electrons. The van der Waals surface area contributed by atoms with Crippen LogP contribution in [0.2, 0.25) is 0 Å². The zero-order chi connectivity index (χ0) is 20.7. The van der Waals surface area contributed by atoms with Crippen LogP contribution in [-0.2, 0) is 0 Å². The molecule has 0 saturated carbocycles. The molecule has 2 aromatic carbocycles. The number of rotatable bonds is 10. The van der Waals surface area contributed by atoms with Crippen LogP contribution in [0.25, 0.3) is 0 Å². The summed E-state index contributed by atoms with van der Waals surface area (Å²) in [5, 5.41) is 0.973. The van der Waals surface area contributed by atoms with Crippen LogP contribution in [0.3, 0.4) is 0 Å². The predicted molar refractivity (Wildman–Crippen MR) is 120 cm³/mol. The monoisotopic (exact) mass is 411 g/mol. The molecule has 0 N–H and O–H groups in total. The Morgan fingerprint density at radius 1 is 0.966 bits per heavy atom. The number of hydrogen-bond acceptors (Lipinski definition) is 5. The van der Waals surface area contributed by atoms with Gasteiger partial charge in [0.25, 0.3) is 0 Å². The van der Waals surface area contributed by atoms with Gasteiger partial charge in [-0.1, -0.05) is 19.9 Å². The number of aryl methyl sites for hydroxylation is 1. The molecule has 7 heteroatoms. The van der Waals surface area contributed by atoms with Gasteiger partial charge in [-0.3, -0.25) is 4.79 Å². The molecule has 0 fully saturated rings. The molecule has 0 amide bonds. The quantitative estimate of drug-likeness (QED) is 0.433. The van der Waals surface area contributed by atoms with Crippen LogP contribution < -0.4 is 24.3 Å². The second-order valence-corrected chi connectivity index (χ2v) is 8.11. The summed E-state index contributed by atoms with van der Waals surface area (Å²) in [5.41, 5.74) is 1.41. The normalized spacial score (nSPS) is 10.7. The first-order chi connectivity index (χ1) is 13.4. The predicted octanol–water partition coefficient (Wildman–Crippen LogP) is 4.21. The van der Waals surface area contributed by atoms with Crippen molar-refractivity contribution < 1.29 is 23.7 Å². The second-order valence-electron chi connectivity index (χ2n) is 6.87. The van der Waals surface area contributed by atoms with E-state index in [-0.39, 0.29) is 33.0 Å². The van der Waals surface area contributed by atoms with Crippen LogP contribution in [0.1, 0.15) is 36.2 Å². The topological polar surface area (TPSA) is 54.0 Å².